The van der Waals surface area contributed by atoms with Crippen molar-refractivity contribution in [3.05, 3.63) is 83.9 Å². The maximum Gasteiger partial charge on any atom is 0.160 e. The van der Waals surface area contributed by atoms with Crippen molar-refractivity contribution >= 4 is 5.78 Å². The van der Waals surface area contributed by atoms with E-state index in [1.807, 2.05) is 66.7 Å². The van der Waals surface area contributed by atoms with E-state index in [9.17, 15) is 4.79 Å². The van der Waals surface area contributed by atoms with Crippen molar-refractivity contribution in [2.45, 2.75) is 13.5 Å². The molecule has 0 bridgehead atoms. The first kappa shape index (κ1) is 16.8. The van der Waals surface area contributed by atoms with Crippen LogP contribution in [0.3, 0.4) is 0 Å². The van der Waals surface area contributed by atoms with Gasteiger partial charge in [-0.05, 0) is 53.9 Å². The molecule has 0 aliphatic carbocycles. The van der Waals surface area contributed by atoms with Crippen LogP contribution in [0.1, 0.15) is 22.8 Å². The van der Waals surface area contributed by atoms with Crippen LogP contribution >= 0.6 is 0 Å². The SMILES string of the molecule is COc1ccc(-c2cccc(OCc3ccccc3)c2)c(C(C)=O)c1. The van der Waals surface area contributed by atoms with E-state index in [-0.39, 0.29) is 5.78 Å². The molecule has 0 N–H and O–H groups in total. The number of carbonyl (C=O) groups is 1. The number of carbonyl (C=O) groups excluding carboxylic acids is 1. The van der Waals surface area contributed by atoms with Crippen LogP contribution < -0.4 is 9.47 Å². The average molecular weight is 332 g/mol. The van der Waals surface area contributed by atoms with Gasteiger partial charge in [0.25, 0.3) is 0 Å². The van der Waals surface area contributed by atoms with E-state index in [1.165, 1.54) is 0 Å². The monoisotopic (exact) mass is 332 g/mol. The molecule has 3 heteroatoms. The predicted molar refractivity (Wildman–Crippen MR) is 99.2 cm³/mol. The van der Waals surface area contributed by atoms with Crippen molar-refractivity contribution in [2.75, 3.05) is 7.11 Å². The second kappa shape index (κ2) is 7.67. The van der Waals surface area contributed by atoms with Gasteiger partial charge in [-0.3, -0.25) is 4.79 Å². The summed E-state index contributed by atoms with van der Waals surface area (Å²) < 4.78 is 11.1. The van der Waals surface area contributed by atoms with E-state index in [2.05, 4.69) is 0 Å². The predicted octanol–water partition coefficient (Wildman–Crippen LogP) is 5.14. The van der Waals surface area contributed by atoms with Crippen molar-refractivity contribution in [3.63, 3.8) is 0 Å². The van der Waals surface area contributed by atoms with Crippen molar-refractivity contribution < 1.29 is 14.3 Å². The number of benzene rings is 3. The first-order valence-corrected chi connectivity index (χ1v) is 8.13. The summed E-state index contributed by atoms with van der Waals surface area (Å²) >= 11 is 0. The van der Waals surface area contributed by atoms with Crippen LogP contribution in [0.15, 0.2) is 72.8 Å². The van der Waals surface area contributed by atoms with Crippen LogP contribution in [0.25, 0.3) is 11.1 Å². The molecule has 0 saturated carbocycles. The molecule has 3 nitrogen and oxygen atoms in total. The Kier molecular flexibility index (Phi) is 5.14. The molecule has 0 aliphatic heterocycles. The van der Waals surface area contributed by atoms with Crippen molar-refractivity contribution in [1.82, 2.24) is 0 Å². The van der Waals surface area contributed by atoms with E-state index in [4.69, 9.17) is 9.47 Å². The van der Waals surface area contributed by atoms with Gasteiger partial charge < -0.3 is 9.47 Å². The highest BCUT2D eigenvalue weighted by Gasteiger charge is 2.11. The first-order valence-electron chi connectivity index (χ1n) is 8.13. The lowest BCUT2D eigenvalue weighted by Crippen LogP contribution is -1.98. The Bertz CT molecular complexity index is 869. The summed E-state index contributed by atoms with van der Waals surface area (Å²) in [5.74, 6) is 1.45. The molecule has 0 radical (unpaired) electrons. The molecule has 0 heterocycles. The van der Waals surface area contributed by atoms with Gasteiger partial charge in [-0.25, -0.2) is 0 Å². The fraction of sp³-hybridized carbons (Fsp3) is 0.136. The van der Waals surface area contributed by atoms with Gasteiger partial charge in [0, 0.05) is 5.56 Å². The standard InChI is InChI=1S/C22H20O3/c1-16(23)22-14-19(24-2)11-12-21(22)18-9-6-10-20(13-18)25-15-17-7-4-3-5-8-17/h3-14H,15H2,1-2H3. The number of methoxy groups -OCH3 is 1. The fourth-order valence-electron chi connectivity index (χ4n) is 2.69. The molecule has 25 heavy (non-hydrogen) atoms. The number of ketones is 1. The highest BCUT2D eigenvalue weighted by molar-refractivity contribution is 6.01. The molecular weight excluding hydrogens is 312 g/mol. The van der Waals surface area contributed by atoms with E-state index >= 15 is 0 Å². The summed E-state index contributed by atoms with van der Waals surface area (Å²) in [5, 5.41) is 0. The van der Waals surface area contributed by atoms with Gasteiger partial charge in [0.05, 0.1) is 7.11 Å². The second-order valence-electron chi connectivity index (χ2n) is 5.77. The van der Waals surface area contributed by atoms with Gasteiger partial charge >= 0.3 is 0 Å². The summed E-state index contributed by atoms with van der Waals surface area (Å²) in [5.41, 5.74) is 3.57. The second-order valence-corrected chi connectivity index (χ2v) is 5.77. The number of rotatable bonds is 6. The topological polar surface area (TPSA) is 35.5 Å². The van der Waals surface area contributed by atoms with Gasteiger partial charge in [0.2, 0.25) is 0 Å². The van der Waals surface area contributed by atoms with Gasteiger partial charge in [-0.2, -0.15) is 0 Å². The third-order valence-corrected chi connectivity index (χ3v) is 4.00. The van der Waals surface area contributed by atoms with Crippen LogP contribution in [0.5, 0.6) is 11.5 Å². The maximum absolute atomic E-state index is 12.0. The molecule has 0 fully saturated rings. The third kappa shape index (κ3) is 4.07. The molecule has 0 amide bonds. The molecule has 0 aliphatic rings. The highest BCUT2D eigenvalue weighted by atomic mass is 16.5. The Labute approximate surface area is 147 Å². The van der Waals surface area contributed by atoms with E-state index in [0.717, 1.165) is 22.4 Å². The van der Waals surface area contributed by atoms with Gasteiger partial charge in [0.1, 0.15) is 18.1 Å². The number of Topliss-reactive ketones (excluding diaryl/α,β-unsaturated/α-hetero) is 1. The minimum absolute atomic E-state index is 0.00417. The van der Waals surface area contributed by atoms with Crippen molar-refractivity contribution in [2.24, 2.45) is 0 Å². The molecule has 0 aromatic heterocycles. The Morgan fingerprint density at radius 1 is 0.880 bits per heavy atom. The maximum atomic E-state index is 12.0. The number of ether oxygens (including phenoxy) is 2. The summed E-state index contributed by atoms with van der Waals surface area (Å²) in [6.45, 7) is 2.07. The lowest BCUT2D eigenvalue weighted by atomic mass is 9.97. The molecule has 0 spiro atoms. The number of hydrogen-bond acceptors (Lipinski definition) is 3. The Morgan fingerprint density at radius 3 is 2.40 bits per heavy atom. The lowest BCUT2D eigenvalue weighted by Gasteiger charge is -2.12. The van der Waals surface area contributed by atoms with Crippen LogP contribution in [0.4, 0.5) is 0 Å². The van der Waals surface area contributed by atoms with Crippen molar-refractivity contribution in [3.8, 4) is 22.6 Å². The first-order chi connectivity index (χ1) is 12.2. The Hall–Kier alpha value is -3.07. The van der Waals surface area contributed by atoms with Crippen LogP contribution in [0, 0.1) is 0 Å². The van der Waals surface area contributed by atoms with Crippen LogP contribution in [-0.2, 0) is 6.61 Å². The molecule has 126 valence electrons. The zero-order valence-electron chi connectivity index (χ0n) is 14.4. The normalized spacial score (nSPS) is 10.3. The number of hydrogen-bond donors (Lipinski definition) is 0. The average Bonchev–Trinajstić information content (AvgIpc) is 2.67. The molecule has 0 saturated heterocycles. The summed E-state index contributed by atoms with van der Waals surface area (Å²) in [6, 6.07) is 23.4. The molecule has 3 aromatic carbocycles. The Balaban J connectivity index is 1.87. The summed E-state index contributed by atoms with van der Waals surface area (Å²) in [4.78, 5) is 12.0. The van der Waals surface area contributed by atoms with Gasteiger partial charge in [0.15, 0.2) is 5.78 Å². The van der Waals surface area contributed by atoms with E-state index in [0.29, 0.717) is 17.9 Å². The smallest absolute Gasteiger partial charge is 0.160 e. The zero-order chi connectivity index (χ0) is 17.6. The minimum atomic E-state index is 0.00417. The largest absolute Gasteiger partial charge is 0.497 e. The molecule has 3 aromatic rings. The van der Waals surface area contributed by atoms with Crippen molar-refractivity contribution in [1.29, 1.82) is 0 Å². The zero-order valence-corrected chi connectivity index (χ0v) is 14.4. The third-order valence-electron chi connectivity index (χ3n) is 4.00. The molecule has 0 unspecified atom stereocenters. The van der Waals surface area contributed by atoms with Gasteiger partial charge in [-0.15, -0.1) is 0 Å². The highest BCUT2D eigenvalue weighted by Crippen LogP contribution is 2.30. The lowest BCUT2D eigenvalue weighted by molar-refractivity contribution is 0.101. The van der Waals surface area contributed by atoms with E-state index in [1.54, 1.807) is 20.1 Å². The summed E-state index contributed by atoms with van der Waals surface area (Å²) in [7, 11) is 1.59. The Morgan fingerprint density at radius 2 is 1.68 bits per heavy atom. The van der Waals surface area contributed by atoms with Crippen LogP contribution in [0.2, 0.25) is 0 Å². The fourth-order valence-corrected chi connectivity index (χ4v) is 2.69. The molecular formula is C22H20O3. The van der Waals surface area contributed by atoms with Gasteiger partial charge in [-0.1, -0.05) is 42.5 Å². The summed E-state index contributed by atoms with van der Waals surface area (Å²) in [6.07, 6.45) is 0. The molecule has 3 rings (SSSR count). The minimum Gasteiger partial charge on any atom is -0.497 e. The molecule has 0 atom stereocenters. The van der Waals surface area contributed by atoms with Crippen LogP contribution in [-0.4, -0.2) is 12.9 Å². The quantitative estimate of drug-likeness (QED) is 0.586. The van der Waals surface area contributed by atoms with E-state index < -0.39 is 0 Å².